The zero-order valence-electron chi connectivity index (χ0n) is 10.5. The molecule has 0 aromatic heterocycles. The van der Waals surface area contributed by atoms with Crippen molar-refractivity contribution in [3.05, 3.63) is 42.0 Å². The van der Waals surface area contributed by atoms with Crippen molar-refractivity contribution in [2.24, 2.45) is 0 Å². The van der Waals surface area contributed by atoms with Gasteiger partial charge >= 0.3 is 6.36 Å². The van der Waals surface area contributed by atoms with Crippen molar-refractivity contribution >= 4 is 23.4 Å². The van der Waals surface area contributed by atoms with E-state index in [1.165, 1.54) is 12.1 Å². The van der Waals surface area contributed by atoms with E-state index in [0.29, 0.717) is 10.8 Å². The Balaban J connectivity index is 2.59. The molecule has 0 bridgehead atoms. The van der Waals surface area contributed by atoms with Crippen LogP contribution in [-0.2, 0) is 4.75 Å². The standard InChI is InChI=1S/C14H13F3OS/c1-13(2,19)10-7-6-9-4-3-5-12(11(9)8-10)18-14(15,16)17/h3-8,19H,1-2H3. The Morgan fingerprint density at radius 1 is 1.05 bits per heavy atom. The fourth-order valence-electron chi connectivity index (χ4n) is 1.84. The molecule has 0 aliphatic heterocycles. The predicted molar refractivity (Wildman–Crippen MR) is 72.6 cm³/mol. The Labute approximate surface area is 114 Å². The number of hydrogen-bond donors (Lipinski definition) is 1. The molecule has 2 rings (SSSR count). The van der Waals surface area contributed by atoms with E-state index >= 15 is 0 Å². The summed E-state index contributed by atoms with van der Waals surface area (Å²) in [6.07, 6.45) is -4.69. The molecule has 2 aromatic carbocycles. The number of benzene rings is 2. The van der Waals surface area contributed by atoms with Crippen LogP contribution in [0.4, 0.5) is 13.2 Å². The van der Waals surface area contributed by atoms with Crippen molar-refractivity contribution in [3.8, 4) is 5.75 Å². The summed E-state index contributed by atoms with van der Waals surface area (Å²) in [5, 5.41) is 1.13. The molecule has 19 heavy (non-hydrogen) atoms. The minimum atomic E-state index is -4.69. The molecule has 0 spiro atoms. The molecule has 2 aromatic rings. The number of alkyl halides is 3. The molecule has 0 radical (unpaired) electrons. The summed E-state index contributed by atoms with van der Waals surface area (Å²) in [5.74, 6) is -0.190. The largest absolute Gasteiger partial charge is 0.573 e. The van der Waals surface area contributed by atoms with Crippen LogP contribution in [0.5, 0.6) is 5.75 Å². The maximum atomic E-state index is 12.4. The summed E-state index contributed by atoms with van der Waals surface area (Å²) in [6, 6.07) is 9.90. The highest BCUT2D eigenvalue weighted by Gasteiger charge is 2.31. The molecule has 0 saturated carbocycles. The second-order valence-corrected chi connectivity index (χ2v) is 5.92. The lowest BCUT2D eigenvalue weighted by Gasteiger charge is -2.19. The minimum absolute atomic E-state index is 0.190. The molecular weight excluding hydrogens is 273 g/mol. The highest BCUT2D eigenvalue weighted by molar-refractivity contribution is 7.81. The van der Waals surface area contributed by atoms with Gasteiger partial charge in [-0.05, 0) is 36.9 Å². The second-order valence-electron chi connectivity index (χ2n) is 4.80. The molecule has 1 nitrogen and oxygen atoms in total. The monoisotopic (exact) mass is 286 g/mol. The van der Waals surface area contributed by atoms with Crippen molar-refractivity contribution in [1.82, 2.24) is 0 Å². The average Bonchev–Trinajstić information content (AvgIpc) is 2.25. The van der Waals surface area contributed by atoms with Crippen LogP contribution in [0.15, 0.2) is 36.4 Å². The smallest absolute Gasteiger partial charge is 0.405 e. The van der Waals surface area contributed by atoms with Gasteiger partial charge in [0.25, 0.3) is 0 Å². The lowest BCUT2D eigenvalue weighted by atomic mass is 9.98. The van der Waals surface area contributed by atoms with E-state index in [1.807, 2.05) is 19.9 Å². The number of thiol groups is 1. The molecule has 5 heteroatoms. The van der Waals surface area contributed by atoms with Crippen LogP contribution in [0.25, 0.3) is 10.8 Å². The molecule has 0 atom stereocenters. The summed E-state index contributed by atoms with van der Waals surface area (Å²) < 4.78 is 40.7. The van der Waals surface area contributed by atoms with Crippen molar-refractivity contribution in [2.45, 2.75) is 25.0 Å². The summed E-state index contributed by atoms with van der Waals surface area (Å²) in [7, 11) is 0. The van der Waals surface area contributed by atoms with Crippen LogP contribution in [0.2, 0.25) is 0 Å². The quantitative estimate of drug-likeness (QED) is 0.772. The molecule has 0 amide bonds. The molecule has 0 saturated heterocycles. The van der Waals surface area contributed by atoms with Crippen molar-refractivity contribution in [3.63, 3.8) is 0 Å². The van der Waals surface area contributed by atoms with E-state index in [1.54, 1.807) is 18.2 Å². The van der Waals surface area contributed by atoms with Crippen LogP contribution in [0.1, 0.15) is 19.4 Å². The first-order valence-corrected chi connectivity index (χ1v) is 6.13. The maximum Gasteiger partial charge on any atom is 0.573 e. The van der Waals surface area contributed by atoms with Gasteiger partial charge in [-0.1, -0.05) is 24.3 Å². The summed E-state index contributed by atoms with van der Waals surface area (Å²) in [4.78, 5) is 0. The molecular formula is C14H13F3OS. The molecule has 0 aliphatic carbocycles. The van der Waals surface area contributed by atoms with E-state index in [2.05, 4.69) is 17.4 Å². The van der Waals surface area contributed by atoms with Crippen LogP contribution in [-0.4, -0.2) is 6.36 Å². The fourth-order valence-corrected chi connectivity index (χ4v) is 1.98. The molecule has 0 heterocycles. The second kappa shape index (κ2) is 4.63. The number of ether oxygens (including phenoxy) is 1. The van der Waals surface area contributed by atoms with E-state index in [4.69, 9.17) is 0 Å². The van der Waals surface area contributed by atoms with Gasteiger partial charge < -0.3 is 4.74 Å². The number of halogens is 3. The van der Waals surface area contributed by atoms with E-state index in [-0.39, 0.29) is 5.75 Å². The summed E-state index contributed by atoms with van der Waals surface area (Å²) in [6.45, 7) is 3.76. The van der Waals surface area contributed by atoms with Gasteiger partial charge in [-0.3, -0.25) is 0 Å². The number of fused-ring (bicyclic) bond motifs is 1. The predicted octanol–water partition coefficient (Wildman–Crippen LogP) is 4.90. The molecule has 0 fully saturated rings. The zero-order valence-corrected chi connectivity index (χ0v) is 11.3. The molecule has 0 unspecified atom stereocenters. The topological polar surface area (TPSA) is 9.23 Å². The van der Waals surface area contributed by atoms with Crippen LogP contribution in [0, 0.1) is 0 Å². The summed E-state index contributed by atoms with van der Waals surface area (Å²) in [5.41, 5.74) is 0.835. The van der Waals surface area contributed by atoms with Gasteiger partial charge in [-0.2, -0.15) is 12.6 Å². The zero-order chi connectivity index (χ0) is 14.3. The van der Waals surface area contributed by atoms with E-state index < -0.39 is 11.1 Å². The third-order valence-electron chi connectivity index (χ3n) is 2.77. The third-order valence-corrected chi connectivity index (χ3v) is 3.03. The van der Waals surface area contributed by atoms with Crippen LogP contribution < -0.4 is 4.74 Å². The van der Waals surface area contributed by atoms with E-state index in [9.17, 15) is 13.2 Å². The van der Waals surface area contributed by atoms with Gasteiger partial charge in [-0.15, -0.1) is 13.2 Å². The van der Waals surface area contributed by atoms with Crippen molar-refractivity contribution in [1.29, 1.82) is 0 Å². The van der Waals surface area contributed by atoms with Crippen molar-refractivity contribution < 1.29 is 17.9 Å². The van der Waals surface area contributed by atoms with Crippen LogP contribution >= 0.6 is 12.6 Å². The lowest BCUT2D eigenvalue weighted by Crippen LogP contribution is -2.17. The maximum absolute atomic E-state index is 12.4. The minimum Gasteiger partial charge on any atom is -0.405 e. The summed E-state index contributed by atoms with van der Waals surface area (Å²) >= 11 is 4.43. The first kappa shape index (κ1) is 14.1. The van der Waals surface area contributed by atoms with Gasteiger partial charge in [0, 0.05) is 10.1 Å². The van der Waals surface area contributed by atoms with Crippen molar-refractivity contribution in [2.75, 3.05) is 0 Å². The normalized spacial score (nSPS) is 12.7. The Kier molecular flexibility index (Phi) is 3.43. The lowest BCUT2D eigenvalue weighted by molar-refractivity contribution is -0.274. The Morgan fingerprint density at radius 3 is 2.32 bits per heavy atom. The Hall–Kier alpha value is -1.36. The molecule has 0 N–H and O–H groups in total. The first-order valence-electron chi connectivity index (χ1n) is 5.68. The highest BCUT2D eigenvalue weighted by Crippen LogP contribution is 2.35. The first-order chi connectivity index (χ1) is 8.67. The highest BCUT2D eigenvalue weighted by atomic mass is 32.1. The fraction of sp³-hybridized carbons (Fsp3) is 0.286. The Morgan fingerprint density at radius 2 is 1.74 bits per heavy atom. The van der Waals surface area contributed by atoms with E-state index in [0.717, 1.165) is 5.56 Å². The van der Waals surface area contributed by atoms with Gasteiger partial charge in [0.1, 0.15) is 5.75 Å². The number of rotatable bonds is 2. The molecule has 0 aliphatic rings. The Bertz CT molecular complexity index is 600. The SMILES string of the molecule is CC(C)(S)c1ccc2cccc(OC(F)(F)F)c2c1. The van der Waals surface area contributed by atoms with Gasteiger partial charge in [-0.25, -0.2) is 0 Å². The number of hydrogen-bond acceptors (Lipinski definition) is 2. The van der Waals surface area contributed by atoms with Crippen LogP contribution in [0.3, 0.4) is 0 Å². The van der Waals surface area contributed by atoms with Gasteiger partial charge in [0.15, 0.2) is 0 Å². The van der Waals surface area contributed by atoms with Gasteiger partial charge in [0.05, 0.1) is 0 Å². The average molecular weight is 286 g/mol. The van der Waals surface area contributed by atoms with Gasteiger partial charge in [0.2, 0.25) is 0 Å². The third kappa shape index (κ3) is 3.35. The molecule has 102 valence electrons.